The molecular weight excluding hydrogens is 318 g/mol. The Labute approximate surface area is 145 Å². The summed E-state index contributed by atoms with van der Waals surface area (Å²) >= 11 is 1.56. The number of benzene rings is 2. The molecule has 0 atom stereocenters. The standard InChI is InChI=1S/C19H19N3OS/c23-19(15-7-8-16-18(12-15)24-13-21-16)20-9-11-22-10-3-5-14-4-1-2-6-17(14)22/h1-2,4,6-8,12-13H,3,5,9-11H2,(H,20,23). The van der Waals surface area contributed by atoms with Gasteiger partial charge >= 0.3 is 0 Å². The zero-order chi connectivity index (χ0) is 16.4. The lowest BCUT2D eigenvalue weighted by Crippen LogP contribution is -2.37. The lowest BCUT2D eigenvalue weighted by Gasteiger charge is -2.31. The maximum Gasteiger partial charge on any atom is 0.251 e. The monoisotopic (exact) mass is 337 g/mol. The van der Waals surface area contributed by atoms with Crippen LogP contribution in [0.1, 0.15) is 22.3 Å². The number of para-hydroxylation sites is 1. The number of nitrogens with zero attached hydrogens (tertiary/aromatic N) is 2. The SMILES string of the molecule is O=C(NCCN1CCCc2ccccc21)c1ccc2ncsc2c1. The molecule has 4 nitrogen and oxygen atoms in total. The summed E-state index contributed by atoms with van der Waals surface area (Å²) in [5.74, 6) is -0.0180. The fraction of sp³-hybridized carbons (Fsp3) is 0.263. The van der Waals surface area contributed by atoms with Crippen LogP contribution in [0.4, 0.5) is 5.69 Å². The minimum Gasteiger partial charge on any atom is -0.370 e. The van der Waals surface area contributed by atoms with Crippen LogP contribution in [0.3, 0.4) is 0 Å². The molecule has 2 heterocycles. The maximum atomic E-state index is 12.4. The molecule has 0 saturated heterocycles. The molecule has 0 aliphatic carbocycles. The van der Waals surface area contributed by atoms with Crippen LogP contribution in [0.2, 0.25) is 0 Å². The van der Waals surface area contributed by atoms with Gasteiger partial charge in [-0.2, -0.15) is 0 Å². The van der Waals surface area contributed by atoms with Crippen LogP contribution in [-0.2, 0) is 6.42 Å². The Bertz CT molecular complexity index is 874. The zero-order valence-corrected chi connectivity index (χ0v) is 14.2. The second kappa shape index (κ2) is 6.61. The van der Waals surface area contributed by atoms with Gasteiger partial charge in [0.1, 0.15) is 0 Å². The summed E-state index contributed by atoms with van der Waals surface area (Å²) in [6.45, 7) is 2.54. The van der Waals surface area contributed by atoms with Crippen LogP contribution < -0.4 is 10.2 Å². The van der Waals surface area contributed by atoms with Gasteiger partial charge in [-0.1, -0.05) is 18.2 Å². The largest absolute Gasteiger partial charge is 0.370 e. The molecule has 1 aromatic heterocycles. The summed E-state index contributed by atoms with van der Waals surface area (Å²) in [6.07, 6.45) is 2.32. The molecular formula is C19H19N3OS. The van der Waals surface area contributed by atoms with E-state index in [1.807, 2.05) is 18.2 Å². The first-order valence-corrected chi connectivity index (χ1v) is 9.13. The van der Waals surface area contributed by atoms with E-state index in [1.165, 1.54) is 17.7 Å². The van der Waals surface area contributed by atoms with E-state index in [0.717, 1.165) is 29.7 Å². The third-order valence-corrected chi connectivity index (χ3v) is 5.26. The molecule has 1 aliphatic rings. The molecule has 2 aromatic carbocycles. The van der Waals surface area contributed by atoms with Gasteiger partial charge in [0.25, 0.3) is 5.91 Å². The van der Waals surface area contributed by atoms with Crippen molar-refractivity contribution in [2.24, 2.45) is 0 Å². The lowest BCUT2D eigenvalue weighted by molar-refractivity contribution is 0.0955. The molecule has 0 radical (unpaired) electrons. The molecule has 0 spiro atoms. The highest BCUT2D eigenvalue weighted by molar-refractivity contribution is 7.16. The number of carbonyl (C=O) groups excluding carboxylic acids is 1. The first-order chi connectivity index (χ1) is 11.8. The van der Waals surface area contributed by atoms with Crippen molar-refractivity contribution < 1.29 is 4.79 Å². The first-order valence-electron chi connectivity index (χ1n) is 8.25. The Hall–Kier alpha value is -2.40. The molecule has 24 heavy (non-hydrogen) atoms. The summed E-state index contributed by atoms with van der Waals surface area (Å²) in [6, 6.07) is 14.2. The van der Waals surface area contributed by atoms with Crippen LogP contribution in [-0.4, -0.2) is 30.5 Å². The van der Waals surface area contributed by atoms with Crippen LogP contribution >= 0.6 is 11.3 Å². The number of aromatic nitrogens is 1. The van der Waals surface area contributed by atoms with Gasteiger partial charge in [-0.15, -0.1) is 11.3 Å². The normalized spacial score (nSPS) is 13.8. The number of nitrogens with one attached hydrogen (secondary N) is 1. The van der Waals surface area contributed by atoms with Crippen LogP contribution in [0.5, 0.6) is 0 Å². The van der Waals surface area contributed by atoms with Crippen LogP contribution in [0, 0.1) is 0 Å². The van der Waals surface area contributed by atoms with Crippen molar-refractivity contribution in [1.82, 2.24) is 10.3 Å². The van der Waals surface area contributed by atoms with E-state index in [2.05, 4.69) is 39.5 Å². The molecule has 1 N–H and O–H groups in total. The van der Waals surface area contributed by atoms with E-state index in [1.54, 1.807) is 16.8 Å². The first kappa shape index (κ1) is 15.1. The molecule has 0 bridgehead atoms. The van der Waals surface area contributed by atoms with E-state index in [9.17, 15) is 4.79 Å². The van der Waals surface area contributed by atoms with Gasteiger partial charge in [0.15, 0.2) is 0 Å². The second-order valence-electron chi connectivity index (χ2n) is 6.01. The Balaban J connectivity index is 1.38. The summed E-state index contributed by atoms with van der Waals surface area (Å²) < 4.78 is 1.05. The van der Waals surface area contributed by atoms with Crippen LogP contribution in [0.15, 0.2) is 48.0 Å². The average Bonchev–Trinajstić information content (AvgIpc) is 3.09. The van der Waals surface area contributed by atoms with E-state index >= 15 is 0 Å². The number of fused-ring (bicyclic) bond motifs is 2. The zero-order valence-electron chi connectivity index (χ0n) is 13.4. The third-order valence-electron chi connectivity index (χ3n) is 4.47. The van der Waals surface area contributed by atoms with Crippen molar-refractivity contribution in [3.8, 4) is 0 Å². The summed E-state index contributed by atoms with van der Waals surface area (Å²) in [7, 11) is 0. The summed E-state index contributed by atoms with van der Waals surface area (Å²) in [5.41, 5.74) is 6.17. The summed E-state index contributed by atoms with van der Waals surface area (Å²) in [5, 5.41) is 3.04. The van der Waals surface area contributed by atoms with Gasteiger partial charge in [0, 0.05) is 30.9 Å². The van der Waals surface area contributed by atoms with Crippen LogP contribution in [0.25, 0.3) is 10.2 Å². The Morgan fingerprint density at radius 2 is 2.17 bits per heavy atom. The fourth-order valence-corrected chi connectivity index (χ4v) is 3.96. The van der Waals surface area contributed by atoms with Crippen molar-refractivity contribution in [2.75, 3.05) is 24.5 Å². The maximum absolute atomic E-state index is 12.4. The number of aryl methyl sites for hydroxylation is 1. The van der Waals surface area contributed by atoms with E-state index in [-0.39, 0.29) is 5.91 Å². The van der Waals surface area contributed by atoms with Crippen molar-refractivity contribution in [3.63, 3.8) is 0 Å². The minimum atomic E-state index is -0.0180. The molecule has 0 unspecified atom stereocenters. The Morgan fingerprint density at radius 1 is 1.25 bits per heavy atom. The van der Waals surface area contributed by atoms with E-state index in [0.29, 0.717) is 12.1 Å². The average molecular weight is 337 g/mol. The molecule has 1 aliphatic heterocycles. The van der Waals surface area contributed by atoms with Gasteiger partial charge in [-0.05, 0) is 42.7 Å². The minimum absolute atomic E-state index is 0.0180. The second-order valence-corrected chi connectivity index (χ2v) is 6.90. The molecule has 0 saturated carbocycles. The van der Waals surface area contributed by atoms with Gasteiger partial charge < -0.3 is 10.2 Å². The highest BCUT2D eigenvalue weighted by Gasteiger charge is 2.16. The quantitative estimate of drug-likeness (QED) is 0.793. The number of carbonyl (C=O) groups is 1. The fourth-order valence-electron chi connectivity index (χ4n) is 3.25. The Morgan fingerprint density at radius 3 is 3.12 bits per heavy atom. The number of amides is 1. The smallest absolute Gasteiger partial charge is 0.251 e. The van der Waals surface area contributed by atoms with Crippen molar-refractivity contribution in [3.05, 3.63) is 59.1 Å². The molecule has 4 rings (SSSR count). The van der Waals surface area contributed by atoms with Gasteiger partial charge in [0.05, 0.1) is 15.7 Å². The Kier molecular flexibility index (Phi) is 4.17. The van der Waals surface area contributed by atoms with Crippen molar-refractivity contribution in [1.29, 1.82) is 0 Å². The van der Waals surface area contributed by atoms with E-state index in [4.69, 9.17) is 0 Å². The molecule has 1 amide bonds. The van der Waals surface area contributed by atoms with Crippen molar-refractivity contribution in [2.45, 2.75) is 12.8 Å². The highest BCUT2D eigenvalue weighted by Crippen LogP contribution is 2.26. The number of anilines is 1. The van der Waals surface area contributed by atoms with Gasteiger partial charge in [-0.3, -0.25) is 4.79 Å². The highest BCUT2D eigenvalue weighted by atomic mass is 32.1. The third kappa shape index (κ3) is 2.99. The van der Waals surface area contributed by atoms with Gasteiger partial charge in [0.2, 0.25) is 0 Å². The summed E-state index contributed by atoms with van der Waals surface area (Å²) in [4.78, 5) is 19.0. The topological polar surface area (TPSA) is 45.2 Å². The number of rotatable bonds is 4. The van der Waals surface area contributed by atoms with E-state index < -0.39 is 0 Å². The molecule has 0 fully saturated rings. The molecule has 3 aromatic rings. The molecule has 5 heteroatoms. The van der Waals surface area contributed by atoms with Crippen molar-refractivity contribution >= 4 is 33.1 Å². The predicted molar refractivity (Wildman–Crippen MR) is 98.9 cm³/mol. The number of hydrogen-bond acceptors (Lipinski definition) is 4. The molecule has 122 valence electrons. The number of thiazole rings is 1. The number of hydrogen-bond donors (Lipinski definition) is 1. The lowest BCUT2D eigenvalue weighted by atomic mass is 10.0. The van der Waals surface area contributed by atoms with Gasteiger partial charge in [-0.25, -0.2) is 4.98 Å². The predicted octanol–water partition coefficient (Wildman–Crippen LogP) is 3.48.